The second kappa shape index (κ2) is 4.39. The van der Waals surface area contributed by atoms with Gasteiger partial charge in [0.15, 0.2) is 0 Å². The molecule has 0 radical (unpaired) electrons. The third-order valence-corrected chi connectivity index (χ3v) is 2.97. The Bertz CT molecular complexity index is 246. The minimum atomic E-state index is -3.05. The number of sulfonamides is 1. The predicted molar refractivity (Wildman–Crippen MR) is 50.9 cm³/mol. The molecule has 1 N–H and O–H groups in total. The highest BCUT2D eigenvalue weighted by Crippen LogP contribution is 2.36. The summed E-state index contributed by atoms with van der Waals surface area (Å²) in [6, 6.07) is 0. The van der Waals surface area contributed by atoms with E-state index in [1.54, 1.807) is 7.11 Å². The van der Waals surface area contributed by atoms with Crippen molar-refractivity contribution in [3.05, 3.63) is 0 Å². The molecule has 5 heteroatoms. The molecule has 0 aliphatic heterocycles. The average Bonchev–Trinajstić information content (AvgIpc) is 2.78. The number of hydrogen-bond acceptors (Lipinski definition) is 3. The number of rotatable bonds is 6. The summed E-state index contributed by atoms with van der Waals surface area (Å²) >= 11 is 0. The molecule has 0 amide bonds. The van der Waals surface area contributed by atoms with Crippen molar-refractivity contribution >= 4 is 10.0 Å². The molecule has 1 atom stereocenters. The van der Waals surface area contributed by atoms with Crippen molar-refractivity contribution in [1.29, 1.82) is 0 Å². The van der Waals surface area contributed by atoms with Crippen molar-refractivity contribution in [2.75, 3.05) is 26.5 Å². The molecule has 1 aliphatic rings. The Hall–Kier alpha value is -0.130. The van der Waals surface area contributed by atoms with Gasteiger partial charge < -0.3 is 4.74 Å². The zero-order valence-electron chi connectivity index (χ0n) is 8.12. The molecule has 1 fully saturated rings. The quantitative estimate of drug-likeness (QED) is 0.677. The minimum Gasteiger partial charge on any atom is -0.384 e. The van der Waals surface area contributed by atoms with Crippen molar-refractivity contribution in [1.82, 2.24) is 4.72 Å². The van der Waals surface area contributed by atoms with Crippen molar-refractivity contribution in [3.8, 4) is 0 Å². The van der Waals surface area contributed by atoms with Crippen LogP contribution in [0.4, 0.5) is 0 Å². The number of hydrogen-bond donors (Lipinski definition) is 1. The van der Waals surface area contributed by atoms with E-state index < -0.39 is 10.0 Å². The van der Waals surface area contributed by atoms with Crippen LogP contribution in [-0.4, -0.2) is 34.9 Å². The van der Waals surface area contributed by atoms with Gasteiger partial charge in [0.1, 0.15) is 0 Å². The Morgan fingerprint density at radius 2 is 2.15 bits per heavy atom. The SMILES string of the molecule is COCC(CNS(C)(=O)=O)C1CC1. The summed E-state index contributed by atoms with van der Waals surface area (Å²) in [6.07, 6.45) is 3.60. The highest BCUT2D eigenvalue weighted by atomic mass is 32.2. The Kier molecular flexibility index (Phi) is 3.70. The maximum atomic E-state index is 10.8. The molecule has 78 valence electrons. The van der Waals surface area contributed by atoms with Gasteiger partial charge in [-0.3, -0.25) is 0 Å². The minimum absolute atomic E-state index is 0.347. The first-order valence-corrected chi connectivity index (χ1v) is 6.35. The first-order chi connectivity index (χ1) is 6.03. The second-order valence-electron chi connectivity index (χ2n) is 3.67. The van der Waals surface area contributed by atoms with Gasteiger partial charge in [0.2, 0.25) is 10.0 Å². The summed E-state index contributed by atoms with van der Waals surface area (Å²) in [7, 11) is -1.40. The van der Waals surface area contributed by atoms with Crippen LogP contribution >= 0.6 is 0 Å². The molecule has 1 rings (SSSR count). The van der Waals surface area contributed by atoms with Crippen molar-refractivity contribution in [2.24, 2.45) is 11.8 Å². The highest BCUT2D eigenvalue weighted by Gasteiger charge is 2.31. The van der Waals surface area contributed by atoms with E-state index >= 15 is 0 Å². The highest BCUT2D eigenvalue weighted by molar-refractivity contribution is 7.88. The van der Waals surface area contributed by atoms with Crippen LogP contribution in [0.2, 0.25) is 0 Å². The van der Waals surface area contributed by atoms with Gasteiger partial charge in [-0.05, 0) is 24.7 Å². The van der Waals surface area contributed by atoms with Crippen LogP contribution in [0.15, 0.2) is 0 Å². The smallest absolute Gasteiger partial charge is 0.208 e. The predicted octanol–water partition coefficient (Wildman–Crippen LogP) is 0.208. The van der Waals surface area contributed by atoms with E-state index in [4.69, 9.17) is 4.74 Å². The normalized spacial score (nSPS) is 20.2. The van der Waals surface area contributed by atoms with Crippen molar-refractivity contribution in [2.45, 2.75) is 12.8 Å². The molecule has 0 aromatic carbocycles. The molecule has 0 bridgehead atoms. The zero-order chi connectivity index (χ0) is 9.90. The van der Waals surface area contributed by atoms with E-state index in [2.05, 4.69) is 4.72 Å². The fraction of sp³-hybridized carbons (Fsp3) is 1.00. The average molecular weight is 207 g/mol. The number of methoxy groups -OCH3 is 1. The molecule has 0 aromatic heterocycles. The van der Waals surface area contributed by atoms with E-state index in [1.807, 2.05) is 0 Å². The fourth-order valence-electron chi connectivity index (χ4n) is 1.40. The van der Waals surface area contributed by atoms with Crippen molar-refractivity contribution < 1.29 is 13.2 Å². The second-order valence-corrected chi connectivity index (χ2v) is 5.51. The molecule has 0 spiro atoms. The van der Waals surface area contributed by atoms with Crippen LogP contribution in [0.1, 0.15) is 12.8 Å². The van der Waals surface area contributed by atoms with E-state index in [-0.39, 0.29) is 0 Å². The molecule has 4 nitrogen and oxygen atoms in total. The van der Waals surface area contributed by atoms with E-state index in [1.165, 1.54) is 19.1 Å². The van der Waals surface area contributed by atoms with E-state index in [9.17, 15) is 8.42 Å². The number of ether oxygens (including phenoxy) is 1. The van der Waals surface area contributed by atoms with Gasteiger partial charge in [-0.2, -0.15) is 0 Å². The van der Waals surface area contributed by atoms with Gasteiger partial charge in [0.05, 0.1) is 12.9 Å². The molecule has 0 saturated heterocycles. The van der Waals surface area contributed by atoms with Gasteiger partial charge in [-0.25, -0.2) is 13.1 Å². The first-order valence-electron chi connectivity index (χ1n) is 4.46. The van der Waals surface area contributed by atoms with Crippen LogP contribution in [-0.2, 0) is 14.8 Å². The van der Waals surface area contributed by atoms with Gasteiger partial charge in [-0.1, -0.05) is 0 Å². The molecule has 1 aliphatic carbocycles. The molecule has 13 heavy (non-hydrogen) atoms. The van der Waals surface area contributed by atoms with Crippen molar-refractivity contribution in [3.63, 3.8) is 0 Å². The summed E-state index contributed by atoms with van der Waals surface area (Å²) in [5.41, 5.74) is 0. The summed E-state index contributed by atoms with van der Waals surface area (Å²) in [5, 5.41) is 0. The molecular formula is C8H17NO3S. The summed E-state index contributed by atoms with van der Waals surface area (Å²) < 4.78 is 29.2. The summed E-state index contributed by atoms with van der Waals surface area (Å²) in [5.74, 6) is 1.01. The Morgan fingerprint density at radius 1 is 1.54 bits per heavy atom. The fourth-order valence-corrected chi connectivity index (χ4v) is 1.92. The standard InChI is InChI=1S/C8H17NO3S/c1-12-6-8(7-3-4-7)5-9-13(2,10)11/h7-9H,3-6H2,1-2H3. The largest absolute Gasteiger partial charge is 0.384 e. The topological polar surface area (TPSA) is 55.4 Å². The third kappa shape index (κ3) is 4.59. The first kappa shape index (κ1) is 10.9. The Morgan fingerprint density at radius 3 is 2.54 bits per heavy atom. The lowest BCUT2D eigenvalue weighted by atomic mass is 10.1. The van der Waals surface area contributed by atoms with Crippen LogP contribution in [0.3, 0.4) is 0 Å². The lowest BCUT2D eigenvalue weighted by Crippen LogP contribution is -2.31. The Balaban J connectivity index is 2.30. The van der Waals surface area contributed by atoms with Crippen LogP contribution in [0.5, 0.6) is 0 Å². The van der Waals surface area contributed by atoms with Gasteiger partial charge in [0, 0.05) is 13.7 Å². The van der Waals surface area contributed by atoms with Crippen LogP contribution < -0.4 is 4.72 Å². The molecular weight excluding hydrogens is 190 g/mol. The lowest BCUT2D eigenvalue weighted by molar-refractivity contribution is 0.143. The summed E-state index contributed by atoms with van der Waals surface area (Å²) in [6.45, 7) is 1.16. The van der Waals surface area contributed by atoms with Crippen LogP contribution in [0.25, 0.3) is 0 Å². The Labute approximate surface area is 79.7 Å². The maximum absolute atomic E-state index is 10.8. The molecule has 0 aromatic rings. The van der Waals surface area contributed by atoms with Gasteiger partial charge in [-0.15, -0.1) is 0 Å². The molecule has 1 unspecified atom stereocenters. The third-order valence-electron chi connectivity index (χ3n) is 2.28. The monoisotopic (exact) mass is 207 g/mol. The van der Waals surface area contributed by atoms with Crippen LogP contribution in [0, 0.1) is 11.8 Å². The zero-order valence-corrected chi connectivity index (χ0v) is 8.93. The van der Waals surface area contributed by atoms with Gasteiger partial charge >= 0.3 is 0 Å². The maximum Gasteiger partial charge on any atom is 0.208 e. The summed E-state index contributed by atoms with van der Waals surface area (Å²) in [4.78, 5) is 0. The number of nitrogens with one attached hydrogen (secondary N) is 1. The van der Waals surface area contributed by atoms with Gasteiger partial charge in [0.25, 0.3) is 0 Å². The van der Waals surface area contributed by atoms with E-state index in [0.717, 1.165) is 0 Å². The van der Waals surface area contributed by atoms with E-state index in [0.29, 0.717) is 25.0 Å². The molecule has 0 heterocycles. The lowest BCUT2D eigenvalue weighted by Gasteiger charge is -2.14. The molecule has 1 saturated carbocycles.